The smallest absolute Gasteiger partial charge is 0.164 e. The van der Waals surface area contributed by atoms with Crippen molar-refractivity contribution in [3.8, 4) is 11.4 Å². The molecular weight excluding hydrogens is 236 g/mol. The summed E-state index contributed by atoms with van der Waals surface area (Å²) < 4.78 is 5.67. The van der Waals surface area contributed by atoms with Gasteiger partial charge in [0.05, 0.1) is 5.56 Å². The summed E-state index contributed by atoms with van der Waals surface area (Å²) in [5, 5.41) is 1.44. The third-order valence-corrected chi connectivity index (χ3v) is 2.83. The van der Waals surface area contributed by atoms with E-state index < -0.39 is 0 Å². The van der Waals surface area contributed by atoms with E-state index in [-0.39, 0.29) is 0 Å². The Morgan fingerprint density at radius 2 is 2.00 bits per heavy atom. The average Bonchev–Trinajstić information content (AvgIpc) is 2.64. The average molecular weight is 245 g/mol. The molecule has 1 aromatic carbocycles. The third kappa shape index (κ3) is 1.68. The fraction of sp³-hybridized carbons (Fsp3) is 0.0769. The van der Waals surface area contributed by atoms with Crippen LogP contribution in [0.15, 0.2) is 40.9 Å². The summed E-state index contributed by atoms with van der Waals surface area (Å²) >= 11 is 5.88. The maximum absolute atomic E-state index is 5.88. The highest BCUT2D eigenvalue weighted by Gasteiger charge is 2.14. The first-order valence-corrected chi connectivity index (χ1v) is 5.60. The van der Waals surface area contributed by atoms with Gasteiger partial charge in [0, 0.05) is 11.6 Å². The second-order valence-electron chi connectivity index (χ2n) is 3.73. The van der Waals surface area contributed by atoms with Gasteiger partial charge in [0.25, 0.3) is 0 Å². The molecule has 0 fully saturated rings. The molecule has 0 N–H and O–H groups in total. The molecule has 0 atom stereocenters. The molecule has 0 aliphatic heterocycles. The topological polar surface area (TPSA) is 38.9 Å². The number of fused-ring (bicyclic) bond motifs is 1. The summed E-state index contributed by atoms with van der Waals surface area (Å²) in [6.45, 7) is 1.90. The summed E-state index contributed by atoms with van der Waals surface area (Å²) in [6, 6.07) is 9.48. The van der Waals surface area contributed by atoms with E-state index in [1.165, 1.54) is 0 Å². The monoisotopic (exact) mass is 244 g/mol. The molecular formula is C13H9ClN2O. The number of rotatable bonds is 1. The summed E-state index contributed by atoms with van der Waals surface area (Å²) in [5.41, 5.74) is 1.74. The minimum absolute atomic E-state index is 0.430. The molecule has 0 aliphatic carbocycles. The Morgan fingerprint density at radius 1 is 1.18 bits per heavy atom. The summed E-state index contributed by atoms with van der Waals surface area (Å²) in [5.74, 6) is 1.40. The number of para-hydroxylation sites is 1. The molecule has 0 saturated heterocycles. The molecule has 0 unspecified atom stereocenters. The standard InChI is InChI=1S/C13H9ClN2O/c1-8-12(13-15-7-6-11(14)16-13)9-4-2-3-5-10(9)17-8/h2-7H,1H3. The molecule has 84 valence electrons. The zero-order valence-electron chi connectivity index (χ0n) is 9.14. The van der Waals surface area contributed by atoms with E-state index in [4.69, 9.17) is 16.0 Å². The Morgan fingerprint density at radius 3 is 2.82 bits per heavy atom. The number of hydrogen-bond acceptors (Lipinski definition) is 3. The number of benzene rings is 1. The predicted molar refractivity (Wildman–Crippen MR) is 67.0 cm³/mol. The van der Waals surface area contributed by atoms with Crippen LogP contribution in [-0.2, 0) is 0 Å². The van der Waals surface area contributed by atoms with E-state index in [9.17, 15) is 0 Å². The molecule has 0 bridgehead atoms. The fourth-order valence-electron chi connectivity index (χ4n) is 1.90. The van der Waals surface area contributed by atoms with Crippen molar-refractivity contribution in [3.05, 3.63) is 47.4 Å². The Bertz CT molecular complexity index is 691. The molecule has 3 rings (SSSR count). The zero-order valence-corrected chi connectivity index (χ0v) is 9.90. The van der Waals surface area contributed by atoms with Crippen LogP contribution in [0.2, 0.25) is 5.15 Å². The lowest BCUT2D eigenvalue weighted by atomic mass is 10.1. The Kier molecular flexibility index (Phi) is 2.34. The van der Waals surface area contributed by atoms with Crippen LogP contribution in [0.1, 0.15) is 5.76 Å². The summed E-state index contributed by atoms with van der Waals surface area (Å²) in [7, 11) is 0. The Hall–Kier alpha value is -1.87. The lowest BCUT2D eigenvalue weighted by molar-refractivity contribution is 0.579. The van der Waals surface area contributed by atoms with Crippen LogP contribution in [0.4, 0.5) is 0 Å². The Balaban J connectivity index is 2.33. The second kappa shape index (κ2) is 3.86. The maximum Gasteiger partial charge on any atom is 0.164 e. The molecule has 0 amide bonds. The van der Waals surface area contributed by atoms with E-state index in [0.717, 1.165) is 22.3 Å². The van der Waals surface area contributed by atoms with E-state index in [1.54, 1.807) is 12.3 Å². The van der Waals surface area contributed by atoms with Crippen molar-refractivity contribution in [1.29, 1.82) is 0 Å². The summed E-state index contributed by atoms with van der Waals surface area (Å²) in [6.07, 6.45) is 1.64. The van der Waals surface area contributed by atoms with Crippen molar-refractivity contribution in [2.45, 2.75) is 6.92 Å². The van der Waals surface area contributed by atoms with Gasteiger partial charge in [0.2, 0.25) is 0 Å². The molecule has 17 heavy (non-hydrogen) atoms. The van der Waals surface area contributed by atoms with E-state index in [2.05, 4.69) is 9.97 Å². The van der Waals surface area contributed by atoms with Crippen LogP contribution in [0.3, 0.4) is 0 Å². The van der Waals surface area contributed by atoms with Gasteiger partial charge in [-0.2, -0.15) is 0 Å². The quantitative estimate of drug-likeness (QED) is 0.611. The van der Waals surface area contributed by atoms with Gasteiger partial charge in [-0.15, -0.1) is 0 Å². The molecule has 4 heteroatoms. The highest BCUT2D eigenvalue weighted by atomic mass is 35.5. The van der Waals surface area contributed by atoms with Crippen LogP contribution in [0, 0.1) is 6.92 Å². The first kappa shape index (κ1) is 10.3. The van der Waals surface area contributed by atoms with Gasteiger partial charge in [-0.3, -0.25) is 0 Å². The number of hydrogen-bond donors (Lipinski definition) is 0. The zero-order chi connectivity index (χ0) is 11.8. The third-order valence-electron chi connectivity index (χ3n) is 2.62. The van der Waals surface area contributed by atoms with Gasteiger partial charge >= 0.3 is 0 Å². The summed E-state index contributed by atoms with van der Waals surface area (Å²) in [4.78, 5) is 8.46. The van der Waals surface area contributed by atoms with Crippen molar-refractivity contribution in [3.63, 3.8) is 0 Å². The van der Waals surface area contributed by atoms with Gasteiger partial charge in [0.15, 0.2) is 5.82 Å². The van der Waals surface area contributed by atoms with Crippen LogP contribution in [-0.4, -0.2) is 9.97 Å². The highest BCUT2D eigenvalue weighted by molar-refractivity contribution is 6.29. The minimum Gasteiger partial charge on any atom is -0.461 e. The highest BCUT2D eigenvalue weighted by Crippen LogP contribution is 2.32. The lowest BCUT2D eigenvalue weighted by Crippen LogP contribution is -1.88. The number of aromatic nitrogens is 2. The van der Waals surface area contributed by atoms with Gasteiger partial charge < -0.3 is 4.42 Å². The van der Waals surface area contributed by atoms with E-state index in [0.29, 0.717) is 11.0 Å². The largest absolute Gasteiger partial charge is 0.461 e. The van der Waals surface area contributed by atoms with E-state index >= 15 is 0 Å². The molecule has 2 heterocycles. The van der Waals surface area contributed by atoms with Crippen LogP contribution >= 0.6 is 11.6 Å². The van der Waals surface area contributed by atoms with Crippen LogP contribution in [0.25, 0.3) is 22.4 Å². The minimum atomic E-state index is 0.430. The van der Waals surface area contributed by atoms with Crippen LogP contribution in [0.5, 0.6) is 0 Å². The molecule has 0 aliphatic rings. The Labute approximate surface area is 103 Å². The van der Waals surface area contributed by atoms with Gasteiger partial charge in [-0.1, -0.05) is 29.8 Å². The number of aryl methyl sites for hydroxylation is 1. The van der Waals surface area contributed by atoms with Gasteiger partial charge in [-0.25, -0.2) is 9.97 Å². The maximum atomic E-state index is 5.88. The number of nitrogens with zero attached hydrogens (tertiary/aromatic N) is 2. The first-order chi connectivity index (χ1) is 8.25. The lowest BCUT2D eigenvalue weighted by Gasteiger charge is -1.98. The van der Waals surface area contributed by atoms with Gasteiger partial charge in [0.1, 0.15) is 16.5 Å². The predicted octanol–water partition coefficient (Wildman–Crippen LogP) is 3.85. The van der Waals surface area contributed by atoms with Crippen LogP contribution < -0.4 is 0 Å². The molecule has 3 aromatic rings. The van der Waals surface area contributed by atoms with Crippen molar-refractivity contribution in [2.75, 3.05) is 0 Å². The second-order valence-corrected chi connectivity index (χ2v) is 4.12. The molecule has 0 radical (unpaired) electrons. The normalized spacial score (nSPS) is 10.9. The molecule has 3 nitrogen and oxygen atoms in total. The number of furan rings is 1. The molecule has 0 saturated carbocycles. The van der Waals surface area contributed by atoms with Crippen molar-refractivity contribution in [2.24, 2.45) is 0 Å². The first-order valence-electron chi connectivity index (χ1n) is 5.23. The van der Waals surface area contributed by atoms with Crippen molar-refractivity contribution >= 4 is 22.6 Å². The van der Waals surface area contributed by atoms with Gasteiger partial charge in [-0.05, 0) is 19.1 Å². The molecule has 2 aromatic heterocycles. The number of halogens is 1. The SMILES string of the molecule is Cc1oc2ccccc2c1-c1nccc(Cl)n1. The fourth-order valence-corrected chi connectivity index (χ4v) is 2.04. The van der Waals surface area contributed by atoms with E-state index in [1.807, 2.05) is 31.2 Å². The van der Waals surface area contributed by atoms with Crippen molar-refractivity contribution < 1.29 is 4.42 Å². The molecule has 0 spiro atoms. The van der Waals surface area contributed by atoms with Crippen molar-refractivity contribution in [1.82, 2.24) is 9.97 Å².